The molecule has 3 aromatic carbocycles. The Balaban J connectivity index is 0.852. The molecule has 8 rings (SSSR count). The molecule has 0 radical (unpaired) electrons. The van der Waals surface area contributed by atoms with Crippen LogP contribution in [-0.4, -0.2) is 120 Å². The van der Waals surface area contributed by atoms with E-state index >= 15 is 0 Å². The molecule has 17 heteroatoms. The molecule has 2 aromatic heterocycles. The first-order valence-corrected chi connectivity index (χ1v) is 24.7. The summed E-state index contributed by atoms with van der Waals surface area (Å²) in [5, 5.41) is 9.85. The van der Waals surface area contributed by atoms with E-state index in [1.54, 1.807) is 39.0 Å². The fourth-order valence-electron chi connectivity index (χ4n) is 8.84. The number of piperidine rings is 2. The average Bonchev–Trinajstić information content (AvgIpc) is 3.27. The topological polar surface area (TPSA) is 167 Å². The number of amides is 2. The number of anilines is 5. The summed E-state index contributed by atoms with van der Waals surface area (Å²) in [7, 11) is -1.09. The predicted molar refractivity (Wildman–Crippen MR) is 248 cm³/mol. The Morgan fingerprint density at radius 1 is 0.919 bits per heavy atom. The number of carbonyl (C=O) groups excluding carboxylic acids is 2. The van der Waals surface area contributed by atoms with Crippen molar-refractivity contribution in [3.8, 4) is 11.5 Å². The zero-order valence-corrected chi connectivity index (χ0v) is 38.2. The number of imide groups is 1. The van der Waals surface area contributed by atoms with Crippen molar-refractivity contribution < 1.29 is 23.6 Å². The van der Waals surface area contributed by atoms with Crippen molar-refractivity contribution in [3.05, 3.63) is 82.7 Å². The van der Waals surface area contributed by atoms with Gasteiger partial charge in [0.1, 0.15) is 36.6 Å². The molecule has 1 unspecified atom stereocenters. The van der Waals surface area contributed by atoms with Crippen molar-refractivity contribution >= 4 is 80.1 Å². The number of nitrogens with one attached hydrogen (secondary N) is 3. The molecule has 0 spiro atoms. The number of rotatable bonds is 14. The van der Waals surface area contributed by atoms with E-state index in [0.29, 0.717) is 69.5 Å². The van der Waals surface area contributed by atoms with Crippen LogP contribution in [0, 0.1) is 0 Å². The molecule has 0 aliphatic carbocycles. The van der Waals surface area contributed by atoms with E-state index in [1.807, 2.05) is 36.4 Å². The Labute approximate surface area is 370 Å². The van der Waals surface area contributed by atoms with Gasteiger partial charge in [0.05, 0.1) is 39.7 Å². The molecule has 15 nitrogen and oxygen atoms in total. The monoisotopic (exact) mass is 924 g/mol. The summed E-state index contributed by atoms with van der Waals surface area (Å²) >= 11 is 3.60. The van der Waals surface area contributed by atoms with E-state index in [4.69, 9.17) is 14.5 Å². The van der Waals surface area contributed by atoms with Crippen LogP contribution in [0.5, 0.6) is 11.5 Å². The number of aryl methyl sites for hydroxylation is 1. The van der Waals surface area contributed by atoms with Crippen molar-refractivity contribution in [1.82, 2.24) is 35.1 Å². The van der Waals surface area contributed by atoms with Gasteiger partial charge >= 0.3 is 0 Å². The van der Waals surface area contributed by atoms with Gasteiger partial charge in [0, 0.05) is 88.6 Å². The van der Waals surface area contributed by atoms with Crippen LogP contribution in [0.1, 0.15) is 49.7 Å². The fourth-order valence-corrected chi connectivity index (χ4v) is 10.5. The van der Waals surface area contributed by atoms with E-state index in [2.05, 4.69) is 80.6 Å². The van der Waals surface area contributed by atoms with Gasteiger partial charge in [-0.15, -0.1) is 0 Å². The number of halogens is 1. The van der Waals surface area contributed by atoms with Gasteiger partial charge in [-0.25, -0.2) is 4.98 Å². The van der Waals surface area contributed by atoms with Gasteiger partial charge in [0.2, 0.25) is 17.8 Å². The second-order valence-electron chi connectivity index (χ2n) is 16.4. The standard InChI is InChI=1S/C45H54BrN10O5P/c1-5-29-26-37(51-45-49-28-34(46)43(53-45)50-36-11-10-35-41(48-16-15-47-35)42(36)62(3,4)59)39(60-2)27-38(29)56-17-13-31(14-18-56)55-21-19-54(20-22-55)23-24-61-32-8-6-7-30(25-32)33-9-12-40(57)52-44(33)58/h6-8,10-11,15-16,25-28,31,33H,5,9,12-14,17-24H2,1-4H3,(H,52,57,58)(H2,49,50,51,53). The van der Waals surface area contributed by atoms with E-state index in [0.717, 1.165) is 82.1 Å². The van der Waals surface area contributed by atoms with Crippen molar-refractivity contribution in [2.45, 2.75) is 51.0 Å². The lowest BCUT2D eigenvalue weighted by molar-refractivity contribution is -0.134. The maximum absolute atomic E-state index is 13.5. The van der Waals surface area contributed by atoms with Gasteiger partial charge in [-0.3, -0.25) is 34.7 Å². The molecule has 0 bridgehead atoms. The first-order valence-electron chi connectivity index (χ1n) is 21.3. The number of piperazine rings is 1. The number of fused-ring (bicyclic) bond motifs is 1. The summed E-state index contributed by atoms with van der Waals surface area (Å²) in [5.41, 5.74) is 5.99. The molecule has 5 heterocycles. The molecule has 2 amide bonds. The van der Waals surface area contributed by atoms with Crippen molar-refractivity contribution in [1.29, 1.82) is 0 Å². The Bertz CT molecular complexity index is 2490. The number of nitrogens with zero attached hydrogens (tertiary/aromatic N) is 7. The molecule has 0 saturated carbocycles. The Hall–Kier alpha value is -5.15. The number of carbonyl (C=O) groups is 2. The van der Waals surface area contributed by atoms with E-state index < -0.39 is 7.14 Å². The molecule has 62 heavy (non-hydrogen) atoms. The van der Waals surface area contributed by atoms with E-state index in [1.165, 1.54) is 11.3 Å². The lowest BCUT2D eigenvalue weighted by atomic mass is 9.90. The Kier molecular flexibility index (Phi) is 13.4. The van der Waals surface area contributed by atoms with Crippen LogP contribution in [0.15, 0.2) is 71.6 Å². The number of methoxy groups -OCH3 is 1. The molecule has 3 fully saturated rings. The first kappa shape index (κ1) is 43.5. The molecule has 326 valence electrons. The summed E-state index contributed by atoms with van der Waals surface area (Å²) in [4.78, 5) is 49.9. The van der Waals surface area contributed by atoms with E-state index in [-0.39, 0.29) is 17.7 Å². The Morgan fingerprint density at radius 2 is 1.71 bits per heavy atom. The maximum Gasteiger partial charge on any atom is 0.234 e. The number of benzene rings is 3. The number of hydrogen-bond donors (Lipinski definition) is 3. The molecular weight excluding hydrogens is 871 g/mol. The van der Waals surface area contributed by atoms with Crippen LogP contribution in [-0.2, 0) is 20.6 Å². The molecule has 5 aromatic rings. The summed E-state index contributed by atoms with van der Waals surface area (Å²) < 4.78 is 26.2. The highest BCUT2D eigenvalue weighted by atomic mass is 79.9. The highest BCUT2D eigenvalue weighted by Gasteiger charge is 2.30. The maximum atomic E-state index is 13.5. The number of aromatic nitrogens is 4. The number of ether oxygens (including phenoxy) is 2. The van der Waals surface area contributed by atoms with Gasteiger partial charge in [0.25, 0.3) is 0 Å². The minimum absolute atomic E-state index is 0.205. The van der Waals surface area contributed by atoms with Crippen LogP contribution in [0.25, 0.3) is 11.0 Å². The summed E-state index contributed by atoms with van der Waals surface area (Å²) in [6.45, 7) is 13.1. The quantitative estimate of drug-likeness (QED) is 0.0798. The van der Waals surface area contributed by atoms with Crippen molar-refractivity contribution in [2.75, 3.05) is 88.4 Å². The van der Waals surface area contributed by atoms with Gasteiger partial charge in [-0.2, -0.15) is 4.98 Å². The molecule has 3 saturated heterocycles. The molecule has 3 N–H and O–H groups in total. The SMILES string of the molecule is CCc1cc(Nc2ncc(Br)c(Nc3ccc4nccnc4c3P(C)(C)=O)n2)c(OC)cc1N1CCC(N2CCN(CCOc3cccc(C4CCC(=O)NC4=O)c3)CC2)CC1. The lowest BCUT2D eigenvalue weighted by Gasteiger charge is -2.43. The van der Waals surface area contributed by atoms with E-state index in [9.17, 15) is 14.2 Å². The van der Waals surface area contributed by atoms with Gasteiger partial charge in [-0.1, -0.05) is 19.1 Å². The minimum Gasteiger partial charge on any atom is -0.494 e. The van der Waals surface area contributed by atoms with Gasteiger partial charge in [0.15, 0.2) is 0 Å². The van der Waals surface area contributed by atoms with Crippen LogP contribution in [0.3, 0.4) is 0 Å². The summed E-state index contributed by atoms with van der Waals surface area (Å²) in [5.74, 6) is 1.60. The molecular formula is C45H54BrN10O5P. The normalized spacial score (nSPS) is 18.1. The highest BCUT2D eigenvalue weighted by Crippen LogP contribution is 2.42. The lowest BCUT2D eigenvalue weighted by Crippen LogP contribution is -2.53. The largest absolute Gasteiger partial charge is 0.494 e. The zero-order valence-electron chi connectivity index (χ0n) is 35.7. The molecule has 1 atom stereocenters. The fraction of sp³-hybridized carbons (Fsp3) is 0.422. The average molecular weight is 926 g/mol. The second kappa shape index (κ2) is 19.1. The predicted octanol–water partition coefficient (Wildman–Crippen LogP) is 6.67. The third-order valence-corrected chi connectivity index (χ3v) is 14.2. The molecule has 3 aliphatic rings. The Morgan fingerprint density at radius 3 is 2.45 bits per heavy atom. The van der Waals surface area contributed by atoms with Crippen LogP contribution < -0.4 is 35.6 Å². The molecule has 3 aliphatic heterocycles. The third-order valence-electron chi connectivity index (χ3n) is 12.1. The third kappa shape index (κ3) is 9.88. The minimum atomic E-state index is -2.77. The van der Waals surface area contributed by atoms with Crippen molar-refractivity contribution in [3.63, 3.8) is 0 Å². The smallest absolute Gasteiger partial charge is 0.234 e. The van der Waals surface area contributed by atoms with Crippen LogP contribution in [0.4, 0.5) is 28.8 Å². The van der Waals surface area contributed by atoms with Crippen LogP contribution in [0.2, 0.25) is 0 Å². The zero-order chi connectivity index (χ0) is 43.4. The summed E-state index contributed by atoms with van der Waals surface area (Å²) in [6.07, 6.45) is 8.85. The summed E-state index contributed by atoms with van der Waals surface area (Å²) in [6, 6.07) is 16.2. The van der Waals surface area contributed by atoms with Crippen molar-refractivity contribution in [2.24, 2.45) is 0 Å². The highest BCUT2D eigenvalue weighted by molar-refractivity contribution is 9.10. The van der Waals surface area contributed by atoms with Gasteiger partial charge < -0.3 is 29.6 Å². The van der Waals surface area contributed by atoms with Gasteiger partial charge in [-0.05, 0) is 96.4 Å². The van der Waals surface area contributed by atoms with Crippen LogP contribution >= 0.6 is 23.1 Å². The second-order valence-corrected chi connectivity index (χ2v) is 20.4. The number of hydrogen-bond acceptors (Lipinski definition) is 14. The first-order chi connectivity index (χ1) is 30.0.